The van der Waals surface area contributed by atoms with Crippen molar-refractivity contribution in [3.8, 4) is 0 Å². The third-order valence-corrected chi connectivity index (χ3v) is 2.48. The van der Waals surface area contributed by atoms with Gasteiger partial charge in [-0.25, -0.2) is 0 Å². The maximum Gasteiger partial charge on any atom is 0.242 e. The van der Waals surface area contributed by atoms with E-state index in [0.29, 0.717) is 5.69 Å². The zero-order chi connectivity index (χ0) is 13.3. The van der Waals surface area contributed by atoms with Crippen LogP contribution in [0.5, 0.6) is 0 Å². The molecule has 3 N–H and O–H groups in total. The normalized spacial score (nSPS) is 11.7. The van der Waals surface area contributed by atoms with Gasteiger partial charge in [-0.3, -0.25) is 9.48 Å². The predicted molar refractivity (Wildman–Crippen MR) is 72.0 cm³/mol. The minimum atomic E-state index is -0.237. The van der Waals surface area contributed by atoms with Crippen molar-refractivity contribution >= 4 is 22.5 Å². The number of hydrogen-bond donors (Lipinski definition) is 2. The smallest absolute Gasteiger partial charge is 0.242 e. The molecule has 1 aromatic carbocycles. The Kier molecular flexibility index (Phi) is 2.98. The van der Waals surface area contributed by atoms with E-state index < -0.39 is 0 Å². The number of nitrogens with two attached hydrogens (primary N) is 1. The number of fused-ring (bicyclic) bond motifs is 1. The van der Waals surface area contributed by atoms with Crippen LogP contribution in [0.4, 0.5) is 5.69 Å². The van der Waals surface area contributed by atoms with Gasteiger partial charge >= 0.3 is 0 Å². The van der Waals surface area contributed by atoms with Crippen LogP contribution in [0.25, 0.3) is 10.9 Å². The van der Waals surface area contributed by atoms with Crippen molar-refractivity contribution in [2.75, 3.05) is 5.73 Å². The average molecular weight is 246 g/mol. The summed E-state index contributed by atoms with van der Waals surface area (Å²) in [4.78, 5) is 11.9. The number of anilines is 1. The SMILES string of the molecule is CC(C)(C)NC(=O)Cn1ncc2ccc(N)cc21. The van der Waals surface area contributed by atoms with Crippen LogP contribution in [0.15, 0.2) is 24.4 Å². The first-order valence-electron chi connectivity index (χ1n) is 5.87. The summed E-state index contributed by atoms with van der Waals surface area (Å²) >= 11 is 0. The molecule has 0 aliphatic carbocycles. The second-order valence-corrected chi connectivity index (χ2v) is 5.42. The number of nitrogen functional groups attached to an aromatic ring is 1. The molecule has 0 aliphatic heterocycles. The second-order valence-electron chi connectivity index (χ2n) is 5.42. The van der Waals surface area contributed by atoms with Crippen molar-refractivity contribution in [3.05, 3.63) is 24.4 Å². The topological polar surface area (TPSA) is 72.9 Å². The highest BCUT2D eigenvalue weighted by molar-refractivity contribution is 5.84. The lowest BCUT2D eigenvalue weighted by atomic mass is 10.1. The number of carbonyl (C=O) groups is 1. The maximum absolute atomic E-state index is 11.9. The predicted octanol–water partition coefficient (Wildman–Crippen LogP) is 1.53. The quantitative estimate of drug-likeness (QED) is 0.789. The minimum absolute atomic E-state index is 0.0603. The van der Waals surface area contributed by atoms with Gasteiger partial charge in [-0.1, -0.05) is 0 Å². The molecule has 2 aromatic rings. The van der Waals surface area contributed by atoms with Gasteiger partial charge in [0, 0.05) is 16.6 Å². The first-order valence-corrected chi connectivity index (χ1v) is 5.87. The molecule has 0 saturated carbocycles. The van der Waals surface area contributed by atoms with Gasteiger partial charge in [-0.15, -0.1) is 0 Å². The molecule has 0 unspecified atom stereocenters. The Morgan fingerprint density at radius 2 is 2.17 bits per heavy atom. The molecule has 5 nitrogen and oxygen atoms in total. The van der Waals surface area contributed by atoms with E-state index in [4.69, 9.17) is 5.73 Å². The van der Waals surface area contributed by atoms with Crippen molar-refractivity contribution in [2.45, 2.75) is 32.9 Å². The number of nitrogens with zero attached hydrogens (tertiary/aromatic N) is 2. The molecule has 18 heavy (non-hydrogen) atoms. The van der Waals surface area contributed by atoms with Crippen molar-refractivity contribution in [3.63, 3.8) is 0 Å². The van der Waals surface area contributed by atoms with E-state index in [-0.39, 0.29) is 18.0 Å². The summed E-state index contributed by atoms with van der Waals surface area (Å²) in [6.45, 7) is 6.04. The second kappa shape index (κ2) is 4.33. The molecule has 0 aliphatic rings. The van der Waals surface area contributed by atoms with Crippen LogP contribution in [-0.4, -0.2) is 21.2 Å². The summed E-state index contributed by atoms with van der Waals surface area (Å²) in [5, 5.41) is 8.09. The molecule has 0 saturated heterocycles. The number of benzene rings is 1. The lowest BCUT2D eigenvalue weighted by Crippen LogP contribution is -2.42. The van der Waals surface area contributed by atoms with E-state index in [9.17, 15) is 4.79 Å². The molecular formula is C13H18N4O. The van der Waals surface area contributed by atoms with Crippen molar-refractivity contribution in [1.82, 2.24) is 15.1 Å². The molecule has 1 amide bonds. The van der Waals surface area contributed by atoms with Crippen LogP contribution >= 0.6 is 0 Å². The number of nitrogens with one attached hydrogen (secondary N) is 1. The van der Waals surface area contributed by atoms with Crippen LogP contribution in [0.1, 0.15) is 20.8 Å². The van der Waals surface area contributed by atoms with Gasteiger partial charge < -0.3 is 11.1 Å². The van der Waals surface area contributed by atoms with Gasteiger partial charge in [-0.05, 0) is 39.0 Å². The molecule has 5 heteroatoms. The standard InChI is InChI=1S/C13H18N4O/c1-13(2,3)16-12(18)8-17-11-6-10(14)5-4-9(11)7-15-17/h4-7H,8,14H2,1-3H3,(H,16,18). The molecule has 1 heterocycles. The van der Waals surface area contributed by atoms with E-state index in [2.05, 4.69) is 10.4 Å². The van der Waals surface area contributed by atoms with Crippen LogP contribution in [0.2, 0.25) is 0 Å². The molecule has 2 rings (SSSR count). The Morgan fingerprint density at radius 3 is 2.83 bits per heavy atom. The van der Waals surface area contributed by atoms with Gasteiger partial charge in [0.25, 0.3) is 0 Å². The lowest BCUT2D eigenvalue weighted by molar-refractivity contribution is -0.123. The molecule has 0 atom stereocenters. The van der Waals surface area contributed by atoms with Gasteiger partial charge in [0.2, 0.25) is 5.91 Å². The Morgan fingerprint density at radius 1 is 1.44 bits per heavy atom. The number of carbonyl (C=O) groups excluding carboxylic acids is 1. The van der Waals surface area contributed by atoms with Crippen LogP contribution in [0.3, 0.4) is 0 Å². The molecule has 96 valence electrons. The summed E-state index contributed by atoms with van der Waals surface area (Å²) in [5.41, 5.74) is 7.05. The summed E-state index contributed by atoms with van der Waals surface area (Å²) in [5.74, 6) is -0.0603. The summed E-state index contributed by atoms with van der Waals surface area (Å²) < 4.78 is 1.66. The zero-order valence-electron chi connectivity index (χ0n) is 10.9. The zero-order valence-corrected chi connectivity index (χ0v) is 10.9. The first-order chi connectivity index (χ1) is 8.35. The summed E-state index contributed by atoms with van der Waals surface area (Å²) in [6, 6.07) is 5.55. The van der Waals surface area contributed by atoms with E-state index in [0.717, 1.165) is 10.9 Å². The first kappa shape index (κ1) is 12.4. The highest BCUT2D eigenvalue weighted by Crippen LogP contribution is 2.16. The summed E-state index contributed by atoms with van der Waals surface area (Å²) in [7, 11) is 0. The molecule has 0 bridgehead atoms. The molecule has 0 fully saturated rings. The fourth-order valence-corrected chi connectivity index (χ4v) is 1.81. The monoisotopic (exact) mass is 246 g/mol. The maximum atomic E-state index is 11.9. The van der Waals surface area contributed by atoms with Crippen molar-refractivity contribution in [1.29, 1.82) is 0 Å². The van der Waals surface area contributed by atoms with Crippen LogP contribution in [0, 0.1) is 0 Å². The van der Waals surface area contributed by atoms with Gasteiger partial charge in [0.15, 0.2) is 0 Å². The van der Waals surface area contributed by atoms with Gasteiger partial charge in [0.05, 0.1) is 11.7 Å². The largest absolute Gasteiger partial charge is 0.399 e. The third-order valence-electron chi connectivity index (χ3n) is 2.48. The fraction of sp³-hybridized carbons (Fsp3) is 0.385. The van der Waals surface area contributed by atoms with Crippen molar-refractivity contribution < 1.29 is 4.79 Å². The average Bonchev–Trinajstić information content (AvgIpc) is 2.58. The number of amides is 1. The Bertz CT molecular complexity index is 580. The third kappa shape index (κ3) is 2.80. The van der Waals surface area contributed by atoms with Gasteiger partial charge in [-0.2, -0.15) is 5.10 Å². The highest BCUT2D eigenvalue weighted by atomic mass is 16.2. The lowest BCUT2D eigenvalue weighted by Gasteiger charge is -2.20. The van der Waals surface area contributed by atoms with E-state index >= 15 is 0 Å². The Balaban J connectivity index is 2.22. The molecule has 1 aromatic heterocycles. The summed E-state index contributed by atoms with van der Waals surface area (Å²) in [6.07, 6.45) is 1.74. The molecule has 0 spiro atoms. The number of rotatable bonds is 2. The molecular weight excluding hydrogens is 228 g/mol. The fourth-order valence-electron chi connectivity index (χ4n) is 1.81. The van der Waals surface area contributed by atoms with Crippen molar-refractivity contribution in [2.24, 2.45) is 0 Å². The Hall–Kier alpha value is -2.04. The number of aromatic nitrogens is 2. The van der Waals surface area contributed by atoms with Crippen LogP contribution in [-0.2, 0) is 11.3 Å². The van der Waals surface area contributed by atoms with E-state index in [1.807, 2.05) is 39.0 Å². The minimum Gasteiger partial charge on any atom is -0.399 e. The molecule has 0 radical (unpaired) electrons. The Labute approximate surface area is 106 Å². The highest BCUT2D eigenvalue weighted by Gasteiger charge is 2.15. The van der Waals surface area contributed by atoms with E-state index in [1.54, 1.807) is 10.9 Å². The van der Waals surface area contributed by atoms with E-state index in [1.165, 1.54) is 0 Å². The van der Waals surface area contributed by atoms with Crippen LogP contribution < -0.4 is 11.1 Å². The number of hydrogen-bond acceptors (Lipinski definition) is 3. The van der Waals surface area contributed by atoms with Gasteiger partial charge in [0.1, 0.15) is 6.54 Å².